The van der Waals surface area contributed by atoms with E-state index in [9.17, 15) is 13.2 Å². The molecule has 0 aromatic heterocycles. The van der Waals surface area contributed by atoms with Gasteiger partial charge in [0, 0.05) is 19.6 Å². The van der Waals surface area contributed by atoms with Crippen LogP contribution in [-0.2, 0) is 25.9 Å². The highest BCUT2D eigenvalue weighted by molar-refractivity contribution is 7.93. The third-order valence-electron chi connectivity index (χ3n) is 6.27. The van der Waals surface area contributed by atoms with Crippen LogP contribution in [0, 0.1) is 0 Å². The first kappa shape index (κ1) is 26.0. The molecule has 7 nitrogen and oxygen atoms in total. The van der Waals surface area contributed by atoms with Crippen LogP contribution in [-0.4, -0.2) is 57.4 Å². The molecule has 0 unspecified atom stereocenters. The Labute approximate surface area is 202 Å². The summed E-state index contributed by atoms with van der Waals surface area (Å²) in [7, 11) is -2.34. The van der Waals surface area contributed by atoms with Gasteiger partial charge in [-0.05, 0) is 68.1 Å². The summed E-state index contributed by atoms with van der Waals surface area (Å²) >= 11 is 0. The van der Waals surface area contributed by atoms with Gasteiger partial charge in [0.15, 0.2) is 14.6 Å². The first-order valence-corrected chi connectivity index (χ1v) is 13.3. The molecule has 186 valence electrons. The quantitative estimate of drug-likeness (QED) is 0.345. The fourth-order valence-electron chi connectivity index (χ4n) is 4.22. The lowest BCUT2D eigenvalue weighted by Gasteiger charge is -2.39. The van der Waals surface area contributed by atoms with Gasteiger partial charge in [-0.15, -0.1) is 0 Å². The molecule has 1 fully saturated rings. The first-order chi connectivity index (χ1) is 16.4. The Hall–Kier alpha value is -2.58. The van der Waals surface area contributed by atoms with Crippen molar-refractivity contribution in [2.45, 2.75) is 55.7 Å². The fourth-order valence-corrected chi connectivity index (χ4v) is 6.17. The SMILES string of the molecule is CCCCOc1ccc(S(=O)(=O)C2(C(=O)OCC)CCN(Cc3cccc(OC)c3)CC2)cc1. The molecular weight excluding hydrogens is 454 g/mol. The summed E-state index contributed by atoms with van der Waals surface area (Å²) < 4.78 is 42.2. The number of likely N-dealkylation sites (tertiary alicyclic amines) is 1. The van der Waals surface area contributed by atoms with Crippen LogP contribution in [0.25, 0.3) is 0 Å². The number of ether oxygens (including phenoxy) is 3. The molecule has 0 aliphatic carbocycles. The molecule has 0 spiro atoms. The van der Waals surface area contributed by atoms with E-state index in [1.807, 2.05) is 24.3 Å². The molecule has 1 heterocycles. The van der Waals surface area contributed by atoms with Gasteiger partial charge in [0.1, 0.15) is 11.5 Å². The number of carbonyl (C=O) groups is 1. The summed E-state index contributed by atoms with van der Waals surface area (Å²) in [6.45, 7) is 6.07. The third-order valence-corrected chi connectivity index (χ3v) is 8.76. The van der Waals surface area contributed by atoms with Crippen LogP contribution in [0.3, 0.4) is 0 Å². The molecule has 0 N–H and O–H groups in total. The zero-order valence-electron chi connectivity index (χ0n) is 20.3. The Morgan fingerprint density at radius 3 is 2.35 bits per heavy atom. The van der Waals surface area contributed by atoms with Crippen LogP contribution < -0.4 is 9.47 Å². The Morgan fingerprint density at radius 1 is 1.03 bits per heavy atom. The molecule has 0 atom stereocenters. The zero-order chi connectivity index (χ0) is 24.6. The summed E-state index contributed by atoms with van der Waals surface area (Å²) in [5.74, 6) is 0.727. The minimum Gasteiger partial charge on any atom is -0.497 e. The van der Waals surface area contributed by atoms with E-state index in [0.717, 1.165) is 24.2 Å². The largest absolute Gasteiger partial charge is 0.497 e. The number of esters is 1. The van der Waals surface area contributed by atoms with Gasteiger partial charge in [-0.25, -0.2) is 8.42 Å². The predicted octanol–water partition coefficient (Wildman–Crippen LogP) is 4.25. The van der Waals surface area contributed by atoms with Crippen molar-refractivity contribution in [3.05, 3.63) is 54.1 Å². The Balaban J connectivity index is 1.79. The third kappa shape index (κ3) is 5.73. The maximum absolute atomic E-state index is 13.8. The predicted molar refractivity (Wildman–Crippen MR) is 131 cm³/mol. The summed E-state index contributed by atoms with van der Waals surface area (Å²) in [6.07, 6.45) is 2.29. The van der Waals surface area contributed by atoms with E-state index in [2.05, 4.69) is 11.8 Å². The van der Waals surface area contributed by atoms with Gasteiger partial charge in [0.25, 0.3) is 0 Å². The number of carbonyl (C=O) groups excluding carboxylic acids is 1. The average molecular weight is 490 g/mol. The number of benzene rings is 2. The lowest BCUT2D eigenvalue weighted by Crippen LogP contribution is -2.54. The van der Waals surface area contributed by atoms with Gasteiger partial charge < -0.3 is 14.2 Å². The molecule has 0 radical (unpaired) electrons. The van der Waals surface area contributed by atoms with E-state index in [0.29, 0.717) is 32.0 Å². The minimum absolute atomic E-state index is 0.115. The van der Waals surface area contributed by atoms with Crippen LogP contribution in [0.4, 0.5) is 0 Å². The Bertz CT molecular complexity index is 1040. The van der Waals surface area contributed by atoms with Crippen molar-refractivity contribution in [2.75, 3.05) is 33.4 Å². The molecule has 1 aliphatic heterocycles. The molecule has 2 aromatic carbocycles. The number of piperidine rings is 1. The molecule has 8 heteroatoms. The molecule has 0 bridgehead atoms. The van der Waals surface area contributed by atoms with Gasteiger partial charge in [0.2, 0.25) is 0 Å². The second-order valence-corrected chi connectivity index (χ2v) is 10.8. The molecule has 1 aliphatic rings. The minimum atomic E-state index is -3.97. The number of sulfone groups is 1. The van der Waals surface area contributed by atoms with Crippen molar-refractivity contribution >= 4 is 15.8 Å². The number of rotatable bonds is 11. The van der Waals surface area contributed by atoms with Gasteiger partial charge in [-0.2, -0.15) is 0 Å². The van der Waals surface area contributed by atoms with Crippen LogP contribution >= 0.6 is 0 Å². The van der Waals surface area contributed by atoms with Crippen molar-refractivity contribution in [1.29, 1.82) is 0 Å². The summed E-state index contributed by atoms with van der Waals surface area (Å²) in [5, 5.41) is 0. The van der Waals surface area contributed by atoms with E-state index in [1.54, 1.807) is 26.2 Å². The number of hydrogen-bond donors (Lipinski definition) is 0. The van der Waals surface area contributed by atoms with Crippen LogP contribution in [0.1, 0.15) is 45.1 Å². The standard InChI is InChI=1S/C26H35NO6S/c1-4-6-18-33-22-10-12-24(13-11-22)34(29,30)26(25(28)32-5-2)14-16-27(17-15-26)20-21-8-7-9-23(19-21)31-3/h7-13,19H,4-6,14-18,20H2,1-3H3. The van der Waals surface area contributed by atoms with Crippen LogP contribution in [0.2, 0.25) is 0 Å². The molecule has 34 heavy (non-hydrogen) atoms. The molecule has 3 rings (SSSR count). The lowest BCUT2D eigenvalue weighted by atomic mass is 9.95. The second-order valence-electron chi connectivity index (χ2n) is 8.52. The van der Waals surface area contributed by atoms with E-state index in [4.69, 9.17) is 14.2 Å². The smallest absolute Gasteiger partial charge is 0.327 e. The van der Waals surface area contributed by atoms with Crippen LogP contribution in [0.15, 0.2) is 53.4 Å². The summed E-state index contributed by atoms with van der Waals surface area (Å²) in [5.41, 5.74) is 1.07. The van der Waals surface area contributed by atoms with Crippen molar-refractivity contribution in [1.82, 2.24) is 4.90 Å². The van der Waals surface area contributed by atoms with Gasteiger partial charge in [-0.3, -0.25) is 9.69 Å². The fraction of sp³-hybridized carbons (Fsp3) is 0.500. The van der Waals surface area contributed by atoms with E-state index in [1.165, 1.54) is 12.1 Å². The topological polar surface area (TPSA) is 82.1 Å². The van der Waals surface area contributed by atoms with Crippen LogP contribution in [0.5, 0.6) is 11.5 Å². The summed E-state index contributed by atoms with van der Waals surface area (Å²) in [6, 6.07) is 14.2. The zero-order valence-corrected chi connectivity index (χ0v) is 21.1. The van der Waals surface area contributed by atoms with Crippen molar-refractivity contribution in [2.24, 2.45) is 0 Å². The van der Waals surface area contributed by atoms with E-state index >= 15 is 0 Å². The second kappa shape index (κ2) is 11.7. The molecule has 1 saturated heterocycles. The van der Waals surface area contributed by atoms with E-state index in [-0.39, 0.29) is 24.3 Å². The highest BCUT2D eigenvalue weighted by Gasteiger charge is 2.54. The van der Waals surface area contributed by atoms with Gasteiger partial charge >= 0.3 is 5.97 Å². The van der Waals surface area contributed by atoms with Crippen molar-refractivity contribution in [3.63, 3.8) is 0 Å². The highest BCUT2D eigenvalue weighted by atomic mass is 32.2. The average Bonchev–Trinajstić information content (AvgIpc) is 2.85. The first-order valence-electron chi connectivity index (χ1n) is 11.9. The molecule has 0 saturated carbocycles. The molecular formula is C26H35NO6S. The molecule has 0 amide bonds. The normalized spacial score (nSPS) is 16.1. The number of hydrogen-bond acceptors (Lipinski definition) is 7. The number of unbranched alkanes of at least 4 members (excludes halogenated alkanes) is 1. The number of nitrogens with zero attached hydrogens (tertiary/aromatic N) is 1. The monoisotopic (exact) mass is 489 g/mol. The Morgan fingerprint density at radius 2 is 1.74 bits per heavy atom. The van der Waals surface area contributed by atoms with Crippen molar-refractivity contribution < 1.29 is 27.4 Å². The highest BCUT2D eigenvalue weighted by Crippen LogP contribution is 2.38. The van der Waals surface area contributed by atoms with Gasteiger partial charge in [0.05, 0.1) is 25.2 Å². The van der Waals surface area contributed by atoms with Gasteiger partial charge in [-0.1, -0.05) is 25.5 Å². The summed E-state index contributed by atoms with van der Waals surface area (Å²) in [4.78, 5) is 15.3. The lowest BCUT2D eigenvalue weighted by molar-refractivity contribution is -0.147. The maximum atomic E-state index is 13.8. The van der Waals surface area contributed by atoms with Crippen molar-refractivity contribution in [3.8, 4) is 11.5 Å². The van der Waals surface area contributed by atoms with E-state index < -0.39 is 20.6 Å². The molecule has 2 aromatic rings. The number of methoxy groups -OCH3 is 1. The maximum Gasteiger partial charge on any atom is 0.327 e. The Kier molecular flexibility index (Phi) is 8.97.